The number of alkyl halides is 3. The third kappa shape index (κ3) is 3.04. The third-order valence-electron chi connectivity index (χ3n) is 9.33. The van der Waals surface area contributed by atoms with E-state index in [9.17, 15) is 19.5 Å². The highest BCUT2D eigenvalue weighted by molar-refractivity contribution is 6.45. The van der Waals surface area contributed by atoms with E-state index in [4.69, 9.17) is 39.5 Å². The number of esters is 1. The molecule has 4 aliphatic carbocycles. The van der Waals surface area contributed by atoms with Crippen molar-refractivity contribution in [2.24, 2.45) is 28.6 Å². The summed E-state index contributed by atoms with van der Waals surface area (Å²) in [5, 5.41) is 11.6. The summed E-state index contributed by atoms with van der Waals surface area (Å²) < 4.78 is 21.6. The number of hydrogen-bond acceptors (Lipinski definition) is 5. The van der Waals surface area contributed by atoms with E-state index in [2.05, 4.69) is 0 Å². The molecule has 0 radical (unpaired) electrons. The van der Waals surface area contributed by atoms with Crippen molar-refractivity contribution >= 4 is 52.3 Å². The summed E-state index contributed by atoms with van der Waals surface area (Å²) in [7, 11) is 0. The van der Waals surface area contributed by atoms with Gasteiger partial charge in [-0.2, -0.15) is 0 Å². The topological polar surface area (TPSA) is 80.7 Å². The highest BCUT2D eigenvalue weighted by Crippen LogP contribution is 2.72. The van der Waals surface area contributed by atoms with Crippen LogP contribution in [0.3, 0.4) is 0 Å². The van der Waals surface area contributed by atoms with Gasteiger partial charge in [0.05, 0.1) is 21.9 Å². The summed E-state index contributed by atoms with van der Waals surface area (Å²) >= 11 is 19.6. The van der Waals surface area contributed by atoms with Crippen LogP contribution in [-0.4, -0.2) is 51.3 Å². The first-order valence-corrected chi connectivity index (χ1v) is 13.0. The second kappa shape index (κ2) is 8.29. The van der Waals surface area contributed by atoms with Gasteiger partial charge in [0.15, 0.2) is 17.2 Å². The molecule has 5 nitrogen and oxygen atoms in total. The van der Waals surface area contributed by atoms with Gasteiger partial charge in [0.25, 0.3) is 0 Å². The van der Waals surface area contributed by atoms with Gasteiger partial charge in [0.1, 0.15) is 6.17 Å². The SMILES string of the molecule is CCC(=O)O[C@]1(C(=O)CCl)[C@H](C)C[C@H]2[C@@H]3C[C@H](F)C4=CC(=O)C(Cl)=C[C@]4(C)[C@@]3(Cl)[C@@H](O)C[C@@]21C. The van der Waals surface area contributed by atoms with E-state index in [0.717, 1.165) is 0 Å². The van der Waals surface area contributed by atoms with Gasteiger partial charge in [-0.15, -0.1) is 23.2 Å². The molecule has 34 heavy (non-hydrogen) atoms. The number of carbonyl (C=O) groups is 3. The Morgan fingerprint density at radius 2 is 1.91 bits per heavy atom. The van der Waals surface area contributed by atoms with E-state index >= 15 is 4.39 Å². The van der Waals surface area contributed by atoms with Crippen LogP contribution < -0.4 is 0 Å². The smallest absolute Gasteiger partial charge is 0.306 e. The van der Waals surface area contributed by atoms with Crippen LogP contribution in [-0.2, 0) is 19.1 Å². The predicted molar refractivity (Wildman–Crippen MR) is 128 cm³/mol. The fraction of sp³-hybridized carbons (Fsp3) is 0.720. The molecule has 0 saturated heterocycles. The van der Waals surface area contributed by atoms with Crippen LogP contribution in [0.2, 0.25) is 0 Å². The number of halogens is 4. The van der Waals surface area contributed by atoms with Crippen molar-refractivity contribution in [3.63, 3.8) is 0 Å². The Bertz CT molecular complexity index is 1010. The molecule has 0 unspecified atom stereocenters. The molecule has 3 saturated carbocycles. The Morgan fingerprint density at radius 1 is 1.26 bits per heavy atom. The van der Waals surface area contributed by atoms with Crippen LogP contribution in [0.1, 0.15) is 53.4 Å². The van der Waals surface area contributed by atoms with Crippen molar-refractivity contribution in [1.82, 2.24) is 0 Å². The molecule has 0 amide bonds. The minimum absolute atomic E-state index is 0.0272. The lowest BCUT2D eigenvalue weighted by atomic mass is 9.45. The van der Waals surface area contributed by atoms with Gasteiger partial charge in [-0.1, -0.05) is 39.3 Å². The van der Waals surface area contributed by atoms with Gasteiger partial charge in [-0.25, -0.2) is 4.39 Å². The van der Waals surface area contributed by atoms with Crippen molar-refractivity contribution in [2.45, 2.75) is 76.1 Å². The first-order chi connectivity index (χ1) is 15.7. The summed E-state index contributed by atoms with van der Waals surface area (Å²) in [4.78, 5) is 36.7. The lowest BCUT2D eigenvalue weighted by Crippen LogP contribution is -2.70. The lowest BCUT2D eigenvalue weighted by molar-refractivity contribution is -0.201. The van der Waals surface area contributed by atoms with Crippen LogP contribution >= 0.6 is 34.8 Å². The first kappa shape index (κ1) is 26.1. The zero-order valence-electron chi connectivity index (χ0n) is 19.7. The maximum Gasteiger partial charge on any atom is 0.306 e. The zero-order chi connectivity index (χ0) is 25.4. The number of fused-ring (bicyclic) bond motifs is 5. The average molecular weight is 536 g/mol. The summed E-state index contributed by atoms with van der Waals surface area (Å²) in [6.45, 7) is 7.00. The van der Waals surface area contributed by atoms with Gasteiger partial charge in [0.2, 0.25) is 0 Å². The van der Waals surface area contributed by atoms with Gasteiger partial charge in [-0.05, 0) is 48.8 Å². The lowest BCUT2D eigenvalue weighted by Gasteiger charge is -2.64. The highest BCUT2D eigenvalue weighted by atomic mass is 35.5. The van der Waals surface area contributed by atoms with E-state index in [1.165, 1.54) is 12.2 Å². The Morgan fingerprint density at radius 3 is 2.50 bits per heavy atom. The van der Waals surface area contributed by atoms with E-state index in [-0.39, 0.29) is 41.7 Å². The van der Waals surface area contributed by atoms with Gasteiger partial charge in [-0.3, -0.25) is 14.4 Å². The van der Waals surface area contributed by atoms with Gasteiger partial charge < -0.3 is 9.84 Å². The molecule has 0 aromatic heterocycles. The fourth-order valence-electron chi connectivity index (χ4n) is 7.80. The van der Waals surface area contributed by atoms with E-state index in [0.29, 0.717) is 6.42 Å². The Kier molecular flexibility index (Phi) is 6.37. The maximum absolute atomic E-state index is 15.7. The third-order valence-corrected chi connectivity index (χ3v) is 10.8. The Balaban J connectivity index is 1.90. The molecular formula is C25H30Cl3FO5. The quantitative estimate of drug-likeness (QED) is 0.410. The minimum atomic E-state index is -1.55. The number of ether oxygens (including phenoxy) is 1. The first-order valence-electron chi connectivity index (χ1n) is 11.7. The van der Waals surface area contributed by atoms with Crippen LogP contribution in [0.4, 0.5) is 4.39 Å². The van der Waals surface area contributed by atoms with Crippen LogP contribution in [0.15, 0.2) is 22.8 Å². The minimum Gasteiger partial charge on any atom is -0.450 e. The molecule has 0 aromatic rings. The molecular weight excluding hydrogens is 506 g/mol. The van der Waals surface area contributed by atoms with Gasteiger partial charge in [0, 0.05) is 23.2 Å². The molecule has 9 heteroatoms. The summed E-state index contributed by atoms with van der Waals surface area (Å²) in [6.07, 6.45) is 0.525. The van der Waals surface area contributed by atoms with E-state index < -0.39 is 63.0 Å². The number of hydrogen-bond donors (Lipinski definition) is 1. The second-order valence-electron chi connectivity index (χ2n) is 10.7. The largest absolute Gasteiger partial charge is 0.450 e. The number of carbonyl (C=O) groups excluding carboxylic acids is 3. The monoisotopic (exact) mass is 534 g/mol. The molecule has 0 aliphatic heterocycles. The molecule has 0 aromatic carbocycles. The van der Waals surface area contributed by atoms with Gasteiger partial charge >= 0.3 is 5.97 Å². The number of allylic oxidation sites excluding steroid dienone is 4. The van der Waals surface area contributed by atoms with Crippen molar-refractivity contribution in [2.75, 3.05) is 5.88 Å². The van der Waals surface area contributed by atoms with Crippen LogP contribution in [0.5, 0.6) is 0 Å². The molecule has 4 aliphatic rings. The molecule has 4 rings (SSSR count). The van der Waals surface area contributed by atoms with Crippen molar-refractivity contribution < 1.29 is 28.6 Å². The normalized spacial score (nSPS) is 47.7. The maximum atomic E-state index is 15.7. The van der Waals surface area contributed by atoms with E-state index in [1.54, 1.807) is 13.8 Å². The summed E-state index contributed by atoms with van der Waals surface area (Å²) in [5.74, 6) is -3.14. The van der Waals surface area contributed by atoms with Crippen molar-refractivity contribution in [3.8, 4) is 0 Å². The summed E-state index contributed by atoms with van der Waals surface area (Å²) in [6, 6.07) is 0. The van der Waals surface area contributed by atoms with E-state index in [1.807, 2.05) is 13.8 Å². The highest BCUT2D eigenvalue weighted by Gasteiger charge is 2.77. The molecule has 188 valence electrons. The van der Waals surface area contributed by atoms with Crippen molar-refractivity contribution in [1.29, 1.82) is 0 Å². The predicted octanol–water partition coefficient (Wildman–Crippen LogP) is 4.89. The molecule has 3 fully saturated rings. The Labute approximate surface area is 214 Å². The molecule has 0 bridgehead atoms. The molecule has 9 atom stereocenters. The van der Waals surface area contributed by atoms with Crippen molar-refractivity contribution in [3.05, 3.63) is 22.8 Å². The van der Waals surface area contributed by atoms with Crippen LogP contribution in [0.25, 0.3) is 0 Å². The fourth-order valence-corrected chi connectivity index (χ4v) is 8.75. The molecule has 0 spiro atoms. The Hall–Kier alpha value is -0.950. The number of Topliss-reactive ketones (excluding diaryl/α,β-unsaturated/α-hetero) is 1. The number of aliphatic hydroxyl groups is 1. The zero-order valence-corrected chi connectivity index (χ0v) is 21.9. The second-order valence-corrected chi connectivity index (χ2v) is 12.0. The molecule has 1 N–H and O–H groups in total. The molecule has 0 heterocycles. The number of rotatable bonds is 4. The van der Waals surface area contributed by atoms with Crippen LogP contribution in [0, 0.1) is 28.6 Å². The number of ketones is 2. The summed E-state index contributed by atoms with van der Waals surface area (Å²) in [5.41, 5.74) is -3.57. The number of aliphatic hydroxyl groups excluding tert-OH is 1. The average Bonchev–Trinajstić information content (AvgIpc) is 2.99. The standard InChI is InChI=1S/C25H30Cl3FO5/c1-5-21(33)34-25(20(32)11-26)12(2)6-13-14-7-17(29)15-8-18(30)16(27)9-22(15,3)24(14,28)19(31)10-23(13,25)4/h8-9,12-14,17,19,31H,5-7,10-11H2,1-4H3/t12-,13+,14+,17+,19+,22+,23+,24+,25+/m1/s1.